The number of hydrogen-bond donors (Lipinski definition) is 0. The Bertz CT molecular complexity index is 2830. The molecular formula is C50H32. The molecule has 0 radical (unpaired) electrons. The highest BCUT2D eigenvalue weighted by Gasteiger charge is 2.17. The molecule has 0 bridgehead atoms. The maximum Gasteiger partial charge on any atom is -0.00264 e. The second-order valence-electron chi connectivity index (χ2n) is 13.2. The lowest BCUT2D eigenvalue weighted by Crippen LogP contribution is -1.91. The van der Waals surface area contributed by atoms with Gasteiger partial charge in [-0.1, -0.05) is 194 Å². The first-order valence-electron chi connectivity index (χ1n) is 17.4. The molecule has 0 aromatic heterocycles. The summed E-state index contributed by atoms with van der Waals surface area (Å²) < 4.78 is 0. The molecule has 0 nitrogen and oxygen atoms in total. The van der Waals surface area contributed by atoms with Gasteiger partial charge in [0, 0.05) is 0 Å². The van der Waals surface area contributed by atoms with Crippen molar-refractivity contribution in [2.45, 2.75) is 0 Å². The summed E-state index contributed by atoms with van der Waals surface area (Å²) in [7, 11) is 0. The third kappa shape index (κ3) is 4.54. The van der Waals surface area contributed by atoms with Crippen LogP contribution in [0.25, 0.3) is 98.4 Å². The maximum absolute atomic E-state index is 2.31. The van der Waals surface area contributed by atoms with Gasteiger partial charge in [0.1, 0.15) is 0 Å². The predicted molar refractivity (Wildman–Crippen MR) is 216 cm³/mol. The molecule has 0 heteroatoms. The van der Waals surface area contributed by atoms with Gasteiger partial charge in [-0.2, -0.15) is 0 Å². The number of benzene rings is 10. The highest BCUT2D eigenvalue weighted by Crippen LogP contribution is 2.45. The molecule has 0 aliphatic heterocycles. The average Bonchev–Trinajstić information content (AvgIpc) is 3.19. The standard InChI is InChI=1S/C50H32/c1-3-15-40-33(11-1)13-9-21-41(40)35-24-29-38(30-25-35)49-44-17-5-7-19-46(44)50(47-20-8-6-18-45(47)49)39-31-26-36(27-32-39)43-22-10-14-37-28-23-34-12-2-4-16-42(34)48(37)43/h1-32H. The van der Waals surface area contributed by atoms with Gasteiger partial charge in [-0.25, -0.2) is 0 Å². The van der Waals surface area contributed by atoms with Crippen LogP contribution in [0.4, 0.5) is 0 Å². The largest absolute Gasteiger partial charge is 0.0616 e. The van der Waals surface area contributed by atoms with Crippen molar-refractivity contribution in [2.75, 3.05) is 0 Å². The zero-order chi connectivity index (χ0) is 33.0. The smallest absolute Gasteiger partial charge is 0.00264 e. The zero-order valence-corrected chi connectivity index (χ0v) is 27.5. The van der Waals surface area contributed by atoms with Gasteiger partial charge < -0.3 is 0 Å². The van der Waals surface area contributed by atoms with Crippen molar-refractivity contribution in [3.05, 3.63) is 194 Å². The van der Waals surface area contributed by atoms with Crippen LogP contribution in [0.15, 0.2) is 194 Å². The summed E-state index contributed by atoms with van der Waals surface area (Å²) in [6.07, 6.45) is 0. The number of rotatable bonds is 4. The Labute approximate surface area is 291 Å². The molecule has 0 aliphatic carbocycles. The van der Waals surface area contributed by atoms with Gasteiger partial charge in [-0.05, 0) is 98.4 Å². The van der Waals surface area contributed by atoms with Crippen molar-refractivity contribution < 1.29 is 0 Å². The van der Waals surface area contributed by atoms with Crippen LogP contribution in [0.3, 0.4) is 0 Å². The van der Waals surface area contributed by atoms with Gasteiger partial charge in [0.05, 0.1) is 0 Å². The van der Waals surface area contributed by atoms with Crippen LogP contribution >= 0.6 is 0 Å². The van der Waals surface area contributed by atoms with Crippen LogP contribution in [0.2, 0.25) is 0 Å². The van der Waals surface area contributed by atoms with E-state index in [0.29, 0.717) is 0 Å². The van der Waals surface area contributed by atoms with Crippen molar-refractivity contribution in [1.29, 1.82) is 0 Å². The van der Waals surface area contributed by atoms with Gasteiger partial charge in [0.2, 0.25) is 0 Å². The summed E-state index contributed by atoms with van der Waals surface area (Å²) in [6, 6.07) is 71.2. The van der Waals surface area contributed by atoms with Crippen molar-refractivity contribution in [2.24, 2.45) is 0 Å². The minimum Gasteiger partial charge on any atom is -0.0616 e. The van der Waals surface area contributed by atoms with Crippen LogP contribution in [0.5, 0.6) is 0 Å². The average molecular weight is 633 g/mol. The summed E-state index contributed by atoms with van der Waals surface area (Å²) in [5.41, 5.74) is 10.0. The van der Waals surface area contributed by atoms with Gasteiger partial charge in [-0.3, -0.25) is 0 Å². The van der Waals surface area contributed by atoms with E-state index in [1.165, 1.54) is 98.4 Å². The molecule has 0 spiro atoms. The van der Waals surface area contributed by atoms with E-state index >= 15 is 0 Å². The van der Waals surface area contributed by atoms with Gasteiger partial charge in [-0.15, -0.1) is 0 Å². The van der Waals surface area contributed by atoms with Crippen molar-refractivity contribution >= 4 is 53.9 Å². The van der Waals surface area contributed by atoms with E-state index < -0.39 is 0 Å². The Balaban J connectivity index is 1.12. The second kappa shape index (κ2) is 11.6. The minimum absolute atomic E-state index is 1.23. The molecule has 0 aliphatic rings. The normalized spacial score (nSPS) is 11.6. The first-order chi connectivity index (χ1) is 24.8. The molecular weight excluding hydrogens is 601 g/mol. The van der Waals surface area contributed by atoms with Crippen LogP contribution in [0.1, 0.15) is 0 Å². The molecule has 0 N–H and O–H groups in total. The second-order valence-corrected chi connectivity index (χ2v) is 13.2. The Morgan fingerprint density at radius 3 is 1.12 bits per heavy atom. The third-order valence-corrected chi connectivity index (χ3v) is 10.5. The highest BCUT2D eigenvalue weighted by molar-refractivity contribution is 6.21. The number of fused-ring (bicyclic) bond motifs is 6. The van der Waals surface area contributed by atoms with E-state index in [9.17, 15) is 0 Å². The highest BCUT2D eigenvalue weighted by atomic mass is 14.2. The summed E-state index contributed by atoms with van der Waals surface area (Å²) in [5, 5.41) is 12.8. The molecule has 0 unspecified atom stereocenters. The summed E-state index contributed by atoms with van der Waals surface area (Å²) in [4.78, 5) is 0. The Morgan fingerprint density at radius 1 is 0.200 bits per heavy atom. The fourth-order valence-electron chi connectivity index (χ4n) is 8.16. The van der Waals surface area contributed by atoms with Crippen LogP contribution in [-0.4, -0.2) is 0 Å². The molecule has 0 saturated carbocycles. The van der Waals surface area contributed by atoms with Gasteiger partial charge >= 0.3 is 0 Å². The molecule has 0 fully saturated rings. The van der Waals surface area contributed by atoms with Gasteiger partial charge in [0.15, 0.2) is 0 Å². The lowest BCUT2D eigenvalue weighted by Gasteiger charge is -2.18. The molecule has 10 aromatic carbocycles. The monoisotopic (exact) mass is 632 g/mol. The molecule has 0 heterocycles. The van der Waals surface area contributed by atoms with Crippen LogP contribution < -0.4 is 0 Å². The lowest BCUT2D eigenvalue weighted by atomic mass is 9.85. The summed E-state index contributed by atoms with van der Waals surface area (Å²) >= 11 is 0. The molecule has 0 amide bonds. The number of hydrogen-bond acceptors (Lipinski definition) is 0. The van der Waals surface area contributed by atoms with E-state index in [1.807, 2.05) is 0 Å². The van der Waals surface area contributed by atoms with Crippen molar-refractivity contribution in [1.82, 2.24) is 0 Å². The van der Waals surface area contributed by atoms with Gasteiger partial charge in [0.25, 0.3) is 0 Å². The van der Waals surface area contributed by atoms with Crippen molar-refractivity contribution in [3.63, 3.8) is 0 Å². The zero-order valence-electron chi connectivity index (χ0n) is 27.5. The van der Waals surface area contributed by atoms with E-state index in [1.54, 1.807) is 0 Å². The van der Waals surface area contributed by atoms with E-state index in [2.05, 4.69) is 194 Å². The predicted octanol–water partition coefficient (Wildman–Crippen LogP) is 14.1. The Morgan fingerprint density at radius 2 is 0.560 bits per heavy atom. The van der Waals surface area contributed by atoms with Crippen molar-refractivity contribution in [3.8, 4) is 44.5 Å². The third-order valence-electron chi connectivity index (χ3n) is 10.5. The SMILES string of the molecule is c1ccc2c(-c3ccc(-c4c5ccccc5c(-c5ccc(-c6cccc7ccc8ccccc8c67)cc5)c5ccccc45)cc3)cccc2c1. The first kappa shape index (κ1) is 28.5. The summed E-state index contributed by atoms with van der Waals surface area (Å²) in [6.45, 7) is 0. The van der Waals surface area contributed by atoms with E-state index in [0.717, 1.165) is 0 Å². The molecule has 50 heavy (non-hydrogen) atoms. The first-order valence-corrected chi connectivity index (χ1v) is 17.4. The van der Waals surface area contributed by atoms with E-state index in [-0.39, 0.29) is 0 Å². The quantitative estimate of drug-likeness (QED) is 0.134. The van der Waals surface area contributed by atoms with E-state index in [4.69, 9.17) is 0 Å². The fourth-order valence-corrected chi connectivity index (χ4v) is 8.16. The lowest BCUT2D eigenvalue weighted by molar-refractivity contribution is 1.62. The minimum atomic E-state index is 1.23. The molecule has 232 valence electrons. The molecule has 10 rings (SSSR count). The Hall–Kier alpha value is -6.50. The molecule has 0 saturated heterocycles. The van der Waals surface area contributed by atoms with Crippen LogP contribution in [0, 0.1) is 0 Å². The molecule has 0 atom stereocenters. The summed E-state index contributed by atoms with van der Waals surface area (Å²) in [5.74, 6) is 0. The van der Waals surface area contributed by atoms with Crippen LogP contribution in [-0.2, 0) is 0 Å². The topological polar surface area (TPSA) is 0 Å². The maximum atomic E-state index is 2.31. The Kier molecular flexibility index (Phi) is 6.60. The fraction of sp³-hybridized carbons (Fsp3) is 0. The molecule has 10 aromatic rings.